The molecule has 17 heavy (non-hydrogen) atoms. The van der Waals surface area contributed by atoms with Crippen molar-refractivity contribution in [1.82, 2.24) is 10.6 Å². The van der Waals surface area contributed by atoms with Crippen molar-refractivity contribution < 1.29 is 4.79 Å². The number of unbranched alkanes of at least 4 members (excludes halogenated alkanes) is 1. The fourth-order valence-electron chi connectivity index (χ4n) is 3.39. The number of piperidine rings is 1. The van der Waals surface area contributed by atoms with E-state index in [-0.39, 0.29) is 11.9 Å². The summed E-state index contributed by atoms with van der Waals surface area (Å²) >= 11 is 0. The summed E-state index contributed by atoms with van der Waals surface area (Å²) < 4.78 is 0. The van der Waals surface area contributed by atoms with Crippen molar-refractivity contribution in [2.24, 2.45) is 11.8 Å². The van der Waals surface area contributed by atoms with Gasteiger partial charge in [-0.1, -0.05) is 32.6 Å². The third-order valence-electron chi connectivity index (χ3n) is 4.39. The van der Waals surface area contributed by atoms with Gasteiger partial charge in [-0.05, 0) is 37.6 Å². The Kier molecular flexibility index (Phi) is 4.84. The zero-order chi connectivity index (χ0) is 12.1. The topological polar surface area (TPSA) is 41.1 Å². The lowest BCUT2D eigenvalue weighted by Crippen LogP contribution is -2.55. The van der Waals surface area contributed by atoms with Crippen molar-refractivity contribution in [1.29, 1.82) is 0 Å². The van der Waals surface area contributed by atoms with Gasteiger partial charge in [0.15, 0.2) is 0 Å². The first-order valence-electron chi connectivity index (χ1n) is 7.34. The SMILES string of the molecule is CCCCNC(=O)C1NCCC2CCCCC21. The van der Waals surface area contributed by atoms with Gasteiger partial charge in [0.05, 0.1) is 6.04 Å². The summed E-state index contributed by atoms with van der Waals surface area (Å²) in [4.78, 5) is 12.2. The molecule has 1 saturated heterocycles. The number of hydrogen-bond donors (Lipinski definition) is 2. The second kappa shape index (κ2) is 6.39. The van der Waals surface area contributed by atoms with Crippen molar-refractivity contribution in [2.45, 2.75) is 57.9 Å². The van der Waals surface area contributed by atoms with Crippen LogP contribution in [0, 0.1) is 11.8 Å². The van der Waals surface area contributed by atoms with E-state index >= 15 is 0 Å². The Bertz CT molecular complexity index is 253. The Morgan fingerprint density at radius 1 is 1.29 bits per heavy atom. The normalized spacial score (nSPS) is 32.9. The van der Waals surface area contributed by atoms with Crippen LogP contribution in [-0.2, 0) is 4.79 Å². The highest BCUT2D eigenvalue weighted by Crippen LogP contribution is 2.36. The Morgan fingerprint density at radius 2 is 2.12 bits per heavy atom. The molecule has 2 aliphatic rings. The number of carbonyl (C=O) groups excluding carboxylic acids is 1. The first-order valence-corrected chi connectivity index (χ1v) is 7.34. The number of fused-ring (bicyclic) bond motifs is 1. The number of amides is 1. The second-order valence-electron chi connectivity index (χ2n) is 5.57. The second-order valence-corrected chi connectivity index (χ2v) is 5.57. The Morgan fingerprint density at radius 3 is 2.94 bits per heavy atom. The average Bonchev–Trinajstić information content (AvgIpc) is 2.38. The molecule has 3 heteroatoms. The molecule has 2 rings (SSSR count). The van der Waals surface area contributed by atoms with Crippen molar-refractivity contribution in [2.75, 3.05) is 13.1 Å². The van der Waals surface area contributed by atoms with Gasteiger partial charge in [0.1, 0.15) is 0 Å². The predicted molar refractivity (Wildman–Crippen MR) is 69.8 cm³/mol. The molecule has 1 saturated carbocycles. The predicted octanol–water partition coefficient (Wildman–Crippen LogP) is 2.07. The van der Waals surface area contributed by atoms with Crippen LogP contribution >= 0.6 is 0 Å². The van der Waals surface area contributed by atoms with Crippen molar-refractivity contribution in [3.05, 3.63) is 0 Å². The molecule has 3 nitrogen and oxygen atoms in total. The maximum atomic E-state index is 12.2. The standard InChI is InChI=1S/C14H26N2O/c1-2-3-9-16-14(17)13-12-7-5-4-6-11(12)8-10-15-13/h11-13,15H,2-10H2,1H3,(H,16,17). The molecule has 0 aromatic carbocycles. The zero-order valence-corrected chi connectivity index (χ0v) is 11.0. The summed E-state index contributed by atoms with van der Waals surface area (Å²) in [5.41, 5.74) is 0. The highest BCUT2D eigenvalue weighted by molar-refractivity contribution is 5.82. The van der Waals surface area contributed by atoms with E-state index in [1.807, 2.05) is 0 Å². The summed E-state index contributed by atoms with van der Waals surface area (Å²) in [7, 11) is 0. The van der Waals surface area contributed by atoms with E-state index in [2.05, 4.69) is 17.6 Å². The van der Waals surface area contributed by atoms with Crippen LogP contribution in [0.2, 0.25) is 0 Å². The van der Waals surface area contributed by atoms with Gasteiger partial charge in [-0.25, -0.2) is 0 Å². The van der Waals surface area contributed by atoms with Gasteiger partial charge in [-0.3, -0.25) is 4.79 Å². The minimum Gasteiger partial charge on any atom is -0.355 e. The number of nitrogens with one attached hydrogen (secondary N) is 2. The molecule has 1 amide bonds. The average molecular weight is 238 g/mol. The van der Waals surface area contributed by atoms with E-state index in [4.69, 9.17) is 0 Å². The maximum Gasteiger partial charge on any atom is 0.237 e. The van der Waals surface area contributed by atoms with Crippen LogP contribution < -0.4 is 10.6 Å². The summed E-state index contributed by atoms with van der Waals surface area (Å²) in [6.07, 6.45) is 8.75. The monoisotopic (exact) mass is 238 g/mol. The molecule has 3 atom stereocenters. The fourth-order valence-corrected chi connectivity index (χ4v) is 3.39. The van der Waals surface area contributed by atoms with Gasteiger partial charge >= 0.3 is 0 Å². The minimum absolute atomic E-state index is 0.0888. The molecule has 1 aliphatic heterocycles. The molecule has 2 N–H and O–H groups in total. The van der Waals surface area contributed by atoms with E-state index in [0.29, 0.717) is 5.92 Å². The molecule has 3 unspecified atom stereocenters. The smallest absolute Gasteiger partial charge is 0.237 e. The highest BCUT2D eigenvalue weighted by Gasteiger charge is 2.38. The Hall–Kier alpha value is -0.570. The largest absolute Gasteiger partial charge is 0.355 e. The molecule has 0 bridgehead atoms. The van der Waals surface area contributed by atoms with Crippen LogP contribution in [0.1, 0.15) is 51.9 Å². The molecule has 0 aromatic heterocycles. The summed E-state index contributed by atoms with van der Waals surface area (Å²) in [6, 6.07) is 0.0888. The molecule has 1 aliphatic carbocycles. The third kappa shape index (κ3) is 3.21. The fraction of sp³-hybridized carbons (Fsp3) is 0.929. The van der Waals surface area contributed by atoms with Crippen LogP contribution in [0.4, 0.5) is 0 Å². The van der Waals surface area contributed by atoms with Crippen LogP contribution in [0.25, 0.3) is 0 Å². The molecule has 2 fully saturated rings. The van der Waals surface area contributed by atoms with Crippen molar-refractivity contribution >= 4 is 5.91 Å². The van der Waals surface area contributed by atoms with E-state index in [9.17, 15) is 4.79 Å². The lowest BCUT2D eigenvalue weighted by atomic mass is 9.71. The van der Waals surface area contributed by atoms with Gasteiger partial charge in [-0.2, -0.15) is 0 Å². The van der Waals surface area contributed by atoms with Gasteiger partial charge in [-0.15, -0.1) is 0 Å². The molecule has 1 heterocycles. The Balaban J connectivity index is 1.87. The molecule has 98 valence electrons. The molecule has 0 spiro atoms. The zero-order valence-electron chi connectivity index (χ0n) is 11.0. The summed E-state index contributed by atoms with van der Waals surface area (Å²) in [6.45, 7) is 4.01. The number of hydrogen-bond acceptors (Lipinski definition) is 2. The van der Waals surface area contributed by atoms with E-state index in [0.717, 1.165) is 31.8 Å². The van der Waals surface area contributed by atoms with Crippen LogP contribution in [0.5, 0.6) is 0 Å². The van der Waals surface area contributed by atoms with Crippen LogP contribution in [-0.4, -0.2) is 25.0 Å². The van der Waals surface area contributed by atoms with Gasteiger partial charge in [0.2, 0.25) is 5.91 Å². The highest BCUT2D eigenvalue weighted by atomic mass is 16.2. The molecule has 0 radical (unpaired) electrons. The molecule has 0 aromatic rings. The quantitative estimate of drug-likeness (QED) is 0.736. The van der Waals surface area contributed by atoms with Gasteiger partial charge in [0.25, 0.3) is 0 Å². The van der Waals surface area contributed by atoms with E-state index in [1.54, 1.807) is 0 Å². The van der Waals surface area contributed by atoms with Crippen molar-refractivity contribution in [3.8, 4) is 0 Å². The summed E-state index contributed by atoms with van der Waals surface area (Å²) in [5.74, 6) is 1.64. The van der Waals surface area contributed by atoms with E-state index < -0.39 is 0 Å². The van der Waals surface area contributed by atoms with Crippen LogP contribution in [0.15, 0.2) is 0 Å². The number of carbonyl (C=O) groups is 1. The first-order chi connectivity index (χ1) is 8.33. The van der Waals surface area contributed by atoms with E-state index in [1.165, 1.54) is 32.1 Å². The lowest BCUT2D eigenvalue weighted by Gasteiger charge is -2.41. The molecular weight excluding hydrogens is 212 g/mol. The van der Waals surface area contributed by atoms with Gasteiger partial charge in [0, 0.05) is 6.54 Å². The number of rotatable bonds is 4. The minimum atomic E-state index is 0.0888. The third-order valence-corrected chi connectivity index (χ3v) is 4.39. The van der Waals surface area contributed by atoms with Gasteiger partial charge < -0.3 is 10.6 Å². The maximum absolute atomic E-state index is 12.2. The van der Waals surface area contributed by atoms with Crippen LogP contribution in [0.3, 0.4) is 0 Å². The van der Waals surface area contributed by atoms with Crippen molar-refractivity contribution in [3.63, 3.8) is 0 Å². The molecular formula is C14H26N2O. The first kappa shape index (κ1) is 12.9. The Labute approximate surface area is 105 Å². The summed E-state index contributed by atoms with van der Waals surface area (Å²) in [5, 5.41) is 6.52. The lowest BCUT2D eigenvalue weighted by molar-refractivity contribution is -0.126.